The van der Waals surface area contributed by atoms with Gasteiger partial charge in [-0.1, -0.05) is 0 Å². The summed E-state index contributed by atoms with van der Waals surface area (Å²) in [6.45, 7) is 2.95. The molecule has 0 aliphatic carbocycles. The van der Waals surface area contributed by atoms with Crippen molar-refractivity contribution < 1.29 is 4.79 Å². The maximum atomic E-state index is 11.7. The standard InChI is InChI=1S/C13H22N4O/c1-17-12(6-8-16-17)4-5-13(18)15-10-11-3-2-7-14-9-11/h6,8,11,14H,2-5,7,9-10H2,1H3,(H,15,18). The van der Waals surface area contributed by atoms with Crippen LogP contribution in [0.5, 0.6) is 0 Å². The van der Waals surface area contributed by atoms with Crippen LogP contribution in [-0.4, -0.2) is 35.3 Å². The third-order valence-corrected chi connectivity index (χ3v) is 3.52. The van der Waals surface area contributed by atoms with Crippen molar-refractivity contribution in [2.45, 2.75) is 25.7 Å². The summed E-state index contributed by atoms with van der Waals surface area (Å²) < 4.78 is 1.82. The van der Waals surface area contributed by atoms with Crippen molar-refractivity contribution in [1.82, 2.24) is 20.4 Å². The van der Waals surface area contributed by atoms with Crippen LogP contribution in [0, 0.1) is 5.92 Å². The summed E-state index contributed by atoms with van der Waals surface area (Å²) in [6.07, 6.45) is 5.50. The molecule has 1 unspecified atom stereocenters. The van der Waals surface area contributed by atoms with E-state index < -0.39 is 0 Å². The van der Waals surface area contributed by atoms with E-state index in [1.54, 1.807) is 6.20 Å². The van der Waals surface area contributed by atoms with Crippen LogP contribution >= 0.6 is 0 Å². The maximum Gasteiger partial charge on any atom is 0.220 e. The summed E-state index contributed by atoms with van der Waals surface area (Å²) in [5.74, 6) is 0.737. The number of piperidine rings is 1. The van der Waals surface area contributed by atoms with Crippen LogP contribution in [-0.2, 0) is 18.3 Å². The molecule has 5 heteroatoms. The number of rotatable bonds is 5. The second-order valence-corrected chi connectivity index (χ2v) is 4.96. The van der Waals surface area contributed by atoms with Gasteiger partial charge in [0.25, 0.3) is 0 Å². The first-order chi connectivity index (χ1) is 8.75. The molecule has 1 fully saturated rings. The molecule has 1 aromatic rings. The second kappa shape index (κ2) is 6.54. The average molecular weight is 250 g/mol. The van der Waals surface area contributed by atoms with Crippen LogP contribution in [0.4, 0.5) is 0 Å². The molecule has 0 radical (unpaired) electrons. The molecular weight excluding hydrogens is 228 g/mol. The number of amides is 1. The van der Waals surface area contributed by atoms with E-state index in [1.807, 2.05) is 17.8 Å². The average Bonchev–Trinajstić information content (AvgIpc) is 2.81. The summed E-state index contributed by atoms with van der Waals surface area (Å²) >= 11 is 0. The van der Waals surface area contributed by atoms with Gasteiger partial charge in [-0.05, 0) is 44.3 Å². The Bertz CT molecular complexity index is 382. The van der Waals surface area contributed by atoms with Crippen molar-refractivity contribution in [3.05, 3.63) is 18.0 Å². The molecule has 1 aliphatic rings. The number of hydrogen-bond acceptors (Lipinski definition) is 3. The molecule has 1 saturated heterocycles. The summed E-state index contributed by atoms with van der Waals surface area (Å²) in [5, 5.41) is 10.5. The Kier molecular flexibility index (Phi) is 4.75. The molecule has 2 N–H and O–H groups in total. The fourth-order valence-electron chi connectivity index (χ4n) is 2.33. The summed E-state index contributed by atoms with van der Waals surface area (Å²) in [6, 6.07) is 1.96. The Labute approximate surface area is 108 Å². The van der Waals surface area contributed by atoms with E-state index in [4.69, 9.17) is 0 Å². The van der Waals surface area contributed by atoms with E-state index in [2.05, 4.69) is 15.7 Å². The Morgan fingerprint density at radius 3 is 3.22 bits per heavy atom. The minimum Gasteiger partial charge on any atom is -0.356 e. The van der Waals surface area contributed by atoms with Gasteiger partial charge in [0.1, 0.15) is 0 Å². The molecule has 0 aromatic carbocycles. The molecule has 1 aliphatic heterocycles. The quantitative estimate of drug-likeness (QED) is 0.798. The molecule has 2 rings (SSSR count). The van der Waals surface area contributed by atoms with Crippen molar-refractivity contribution in [3.8, 4) is 0 Å². The maximum absolute atomic E-state index is 11.7. The van der Waals surface area contributed by atoms with Crippen molar-refractivity contribution in [3.63, 3.8) is 0 Å². The molecular formula is C13H22N4O. The van der Waals surface area contributed by atoms with Gasteiger partial charge in [-0.15, -0.1) is 0 Å². The van der Waals surface area contributed by atoms with Crippen LogP contribution in [0.15, 0.2) is 12.3 Å². The lowest BCUT2D eigenvalue weighted by molar-refractivity contribution is -0.121. The molecule has 100 valence electrons. The number of hydrogen-bond donors (Lipinski definition) is 2. The Morgan fingerprint density at radius 1 is 1.67 bits per heavy atom. The van der Waals surface area contributed by atoms with Crippen molar-refractivity contribution in [2.75, 3.05) is 19.6 Å². The fraction of sp³-hybridized carbons (Fsp3) is 0.692. The highest BCUT2D eigenvalue weighted by Crippen LogP contribution is 2.08. The molecule has 0 bridgehead atoms. The monoisotopic (exact) mass is 250 g/mol. The van der Waals surface area contributed by atoms with Crippen LogP contribution in [0.25, 0.3) is 0 Å². The minimum absolute atomic E-state index is 0.141. The highest BCUT2D eigenvalue weighted by molar-refractivity contribution is 5.76. The predicted molar refractivity (Wildman–Crippen MR) is 70.1 cm³/mol. The summed E-state index contributed by atoms with van der Waals surface area (Å²) in [7, 11) is 1.90. The number of carbonyl (C=O) groups is 1. The molecule has 1 amide bonds. The summed E-state index contributed by atoms with van der Waals surface area (Å²) in [5.41, 5.74) is 1.10. The van der Waals surface area contributed by atoms with E-state index >= 15 is 0 Å². The second-order valence-electron chi connectivity index (χ2n) is 4.96. The highest BCUT2D eigenvalue weighted by atomic mass is 16.1. The zero-order valence-corrected chi connectivity index (χ0v) is 11.0. The molecule has 5 nitrogen and oxygen atoms in total. The van der Waals surface area contributed by atoms with Gasteiger partial charge in [-0.3, -0.25) is 9.48 Å². The SMILES string of the molecule is Cn1nccc1CCC(=O)NCC1CCCNC1. The van der Waals surface area contributed by atoms with E-state index in [0.29, 0.717) is 12.3 Å². The molecule has 0 saturated carbocycles. The van der Waals surface area contributed by atoms with Gasteiger partial charge in [0, 0.05) is 31.9 Å². The lowest BCUT2D eigenvalue weighted by Crippen LogP contribution is -2.38. The number of carbonyl (C=O) groups excluding carboxylic acids is 1. The zero-order chi connectivity index (χ0) is 12.8. The van der Waals surface area contributed by atoms with Gasteiger partial charge >= 0.3 is 0 Å². The molecule has 1 aromatic heterocycles. The molecule has 2 heterocycles. The Morgan fingerprint density at radius 2 is 2.56 bits per heavy atom. The van der Waals surface area contributed by atoms with E-state index in [0.717, 1.165) is 31.7 Å². The van der Waals surface area contributed by atoms with Gasteiger partial charge in [0.15, 0.2) is 0 Å². The van der Waals surface area contributed by atoms with Crippen LogP contribution in [0.3, 0.4) is 0 Å². The van der Waals surface area contributed by atoms with Gasteiger partial charge in [0.05, 0.1) is 0 Å². The highest BCUT2D eigenvalue weighted by Gasteiger charge is 2.13. The van der Waals surface area contributed by atoms with Gasteiger partial charge in [-0.25, -0.2) is 0 Å². The van der Waals surface area contributed by atoms with E-state index in [9.17, 15) is 4.79 Å². The third kappa shape index (κ3) is 3.84. The normalized spacial score (nSPS) is 19.7. The van der Waals surface area contributed by atoms with Crippen molar-refractivity contribution in [1.29, 1.82) is 0 Å². The Hall–Kier alpha value is -1.36. The first-order valence-electron chi connectivity index (χ1n) is 6.70. The van der Waals surface area contributed by atoms with Gasteiger partial charge in [0.2, 0.25) is 5.91 Å². The number of nitrogens with one attached hydrogen (secondary N) is 2. The predicted octanol–water partition coefficient (Wildman–Crippen LogP) is 0.469. The smallest absolute Gasteiger partial charge is 0.220 e. The van der Waals surface area contributed by atoms with Gasteiger partial charge < -0.3 is 10.6 Å². The lowest BCUT2D eigenvalue weighted by atomic mass is 10.00. The molecule has 18 heavy (non-hydrogen) atoms. The van der Waals surface area contributed by atoms with Crippen molar-refractivity contribution in [2.24, 2.45) is 13.0 Å². The third-order valence-electron chi connectivity index (χ3n) is 3.52. The fourth-order valence-corrected chi connectivity index (χ4v) is 2.33. The van der Waals surface area contributed by atoms with Crippen molar-refractivity contribution >= 4 is 5.91 Å². The lowest BCUT2D eigenvalue weighted by Gasteiger charge is -2.22. The van der Waals surface area contributed by atoms with E-state index in [1.165, 1.54) is 12.8 Å². The zero-order valence-electron chi connectivity index (χ0n) is 11.0. The first kappa shape index (κ1) is 13.1. The van der Waals surface area contributed by atoms with E-state index in [-0.39, 0.29) is 5.91 Å². The largest absolute Gasteiger partial charge is 0.356 e. The van der Waals surface area contributed by atoms with Crippen LogP contribution in [0.1, 0.15) is 25.0 Å². The molecule has 1 atom stereocenters. The topological polar surface area (TPSA) is 59.0 Å². The van der Waals surface area contributed by atoms with Gasteiger partial charge in [-0.2, -0.15) is 5.10 Å². The minimum atomic E-state index is 0.141. The van der Waals surface area contributed by atoms with Crippen LogP contribution in [0.2, 0.25) is 0 Å². The summed E-state index contributed by atoms with van der Waals surface area (Å²) in [4.78, 5) is 11.7. The number of aryl methyl sites for hydroxylation is 2. The first-order valence-corrected chi connectivity index (χ1v) is 6.70. The number of aromatic nitrogens is 2. The molecule has 0 spiro atoms. The van der Waals surface area contributed by atoms with Crippen LogP contribution < -0.4 is 10.6 Å². The Balaban J connectivity index is 1.64. The number of nitrogens with zero attached hydrogens (tertiary/aromatic N) is 2.